The van der Waals surface area contributed by atoms with Gasteiger partial charge in [-0.25, -0.2) is 4.98 Å². The van der Waals surface area contributed by atoms with Crippen LogP contribution in [-0.2, 0) is 11.0 Å². The lowest BCUT2D eigenvalue weighted by Gasteiger charge is -2.17. The van der Waals surface area contributed by atoms with Crippen LogP contribution in [0.15, 0.2) is 48.7 Å². The number of rotatable bonds is 6. The first-order valence-corrected chi connectivity index (χ1v) is 9.17. The molecule has 0 atom stereocenters. The summed E-state index contributed by atoms with van der Waals surface area (Å²) in [7, 11) is 1.51. The molecule has 10 heteroatoms. The molecule has 1 amide bonds. The number of nitrogens with one attached hydrogen (secondary N) is 3. The van der Waals surface area contributed by atoms with Crippen LogP contribution in [0.2, 0.25) is 0 Å². The molecule has 0 saturated carbocycles. The van der Waals surface area contributed by atoms with Crippen molar-refractivity contribution < 1.29 is 22.7 Å². The van der Waals surface area contributed by atoms with E-state index in [0.29, 0.717) is 23.3 Å². The van der Waals surface area contributed by atoms with Crippen LogP contribution >= 0.6 is 0 Å². The topological polar surface area (TPSA) is 88.2 Å². The number of para-hydroxylation sites is 2. The van der Waals surface area contributed by atoms with Crippen LogP contribution < -0.4 is 20.7 Å². The zero-order valence-electron chi connectivity index (χ0n) is 17.0. The summed E-state index contributed by atoms with van der Waals surface area (Å²) in [6.45, 7) is 3.13. The van der Waals surface area contributed by atoms with Gasteiger partial charge in [0.05, 0.1) is 18.5 Å². The molecular weight excluding hydrogens is 411 g/mol. The lowest BCUT2D eigenvalue weighted by Crippen LogP contribution is -2.14. The molecule has 0 aliphatic carbocycles. The number of methoxy groups -OCH3 is 1. The first-order chi connectivity index (χ1) is 14.7. The number of carbonyl (C=O) groups is 1. The highest BCUT2D eigenvalue weighted by Gasteiger charge is 2.35. The number of carbonyl (C=O) groups excluding carboxylic acids is 1. The predicted molar refractivity (Wildman–Crippen MR) is 112 cm³/mol. The van der Waals surface area contributed by atoms with Crippen LogP contribution in [0.4, 0.5) is 42.0 Å². The number of nitrogens with zero attached hydrogens (tertiary/aromatic N) is 2. The number of halogens is 3. The average Bonchev–Trinajstić information content (AvgIpc) is 2.70. The summed E-state index contributed by atoms with van der Waals surface area (Å²) < 4.78 is 45.9. The van der Waals surface area contributed by atoms with E-state index >= 15 is 0 Å². The van der Waals surface area contributed by atoms with E-state index in [0.717, 1.165) is 5.56 Å². The summed E-state index contributed by atoms with van der Waals surface area (Å²) in [4.78, 5) is 19.3. The molecule has 0 radical (unpaired) electrons. The van der Waals surface area contributed by atoms with Crippen molar-refractivity contribution in [1.29, 1.82) is 0 Å². The van der Waals surface area contributed by atoms with Crippen molar-refractivity contribution in [2.45, 2.75) is 20.0 Å². The maximum Gasteiger partial charge on any atom is 0.421 e. The van der Waals surface area contributed by atoms with Crippen molar-refractivity contribution in [2.75, 3.05) is 23.1 Å². The zero-order valence-corrected chi connectivity index (χ0v) is 17.0. The van der Waals surface area contributed by atoms with Gasteiger partial charge < -0.3 is 20.7 Å². The van der Waals surface area contributed by atoms with E-state index in [9.17, 15) is 18.0 Å². The molecule has 0 bridgehead atoms. The Balaban J connectivity index is 2.00. The Kier molecular flexibility index (Phi) is 6.28. The molecule has 0 aliphatic rings. The van der Waals surface area contributed by atoms with Crippen molar-refractivity contribution >= 4 is 34.7 Å². The quantitative estimate of drug-likeness (QED) is 0.494. The number of aryl methyl sites for hydroxylation is 1. The molecule has 0 unspecified atom stereocenters. The minimum absolute atomic E-state index is 0.0381. The van der Waals surface area contributed by atoms with E-state index in [2.05, 4.69) is 25.9 Å². The van der Waals surface area contributed by atoms with Gasteiger partial charge in [0.2, 0.25) is 11.9 Å². The molecule has 162 valence electrons. The van der Waals surface area contributed by atoms with Crippen molar-refractivity contribution in [3.05, 3.63) is 59.8 Å². The summed E-state index contributed by atoms with van der Waals surface area (Å²) >= 11 is 0. The second kappa shape index (κ2) is 8.90. The number of alkyl halides is 3. The zero-order chi connectivity index (χ0) is 22.6. The fourth-order valence-electron chi connectivity index (χ4n) is 2.75. The second-order valence-corrected chi connectivity index (χ2v) is 6.61. The molecule has 0 spiro atoms. The minimum Gasteiger partial charge on any atom is -0.497 e. The highest BCUT2D eigenvalue weighted by Crippen LogP contribution is 2.36. The number of amides is 1. The average molecular weight is 431 g/mol. The number of hydrogen-bond acceptors (Lipinski definition) is 6. The molecule has 2 aromatic carbocycles. The number of hydrogen-bond donors (Lipinski definition) is 3. The summed E-state index contributed by atoms with van der Waals surface area (Å²) in [6.07, 6.45) is -3.98. The summed E-state index contributed by atoms with van der Waals surface area (Å²) in [5.74, 6) is -0.279. The lowest BCUT2D eigenvalue weighted by atomic mass is 10.2. The monoisotopic (exact) mass is 431 g/mol. The van der Waals surface area contributed by atoms with Crippen LogP contribution in [0.5, 0.6) is 5.75 Å². The van der Waals surface area contributed by atoms with Gasteiger partial charge in [0, 0.05) is 24.9 Å². The summed E-state index contributed by atoms with van der Waals surface area (Å²) in [5.41, 5.74) is 0.946. The van der Waals surface area contributed by atoms with Gasteiger partial charge >= 0.3 is 6.18 Å². The molecule has 1 heterocycles. The Labute approximate surface area is 176 Å². The Morgan fingerprint density at radius 1 is 1.03 bits per heavy atom. The smallest absolute Gasteiger partial charge is 0.421 e. The normalized spacial score (nSPS) is 11.0. The third-order valence-corrected chi connectivity index (χ3v) is 4.28. The van der Waals surface area contributed by atoms with Crippen LogP contribution in [0.3, 0.4) is 0 Å². The standard InChI is InChI=1S/C21H20F3N5O2/c1-12-8-9-14(31-3)10-18(12)28-20-25-11-15(21(22,23)24)19(29-20)27-17-7-5-4-6-16(17)26-13(2)30/h4-11H,1-3H3,(H,26,30)(H2,25,27,28,29). The van der Waals surface area contributed by atoms with Crippen molar-refractivity contribution in [2.24, 2.45) is 0 Å². The fraction of sp³-hybridized carbons (Fsp3) is 0.190. The van der Waals surface area contributed by atoms with Crippen molar-refractivity contribution in [3.63, 3.8) is 0 Å². The van der Waals surface area contributed by atoms with E-state index in [4.69, 9.17) is 4.74 Å². The van der Waals surface area contributed by atoms with Gasteiger partial charge in [-0.2, -0.15) is 18.2 Å². The van der Waals surface area contributed by atoms with Crippen LogP contribution in [0.1, 0.15) is 18.1 Å². The maximum atomic E-state index is 13.6. The van der Waals surface area contributed by atoms with Gasteiger partial charge in [0.1, 0.15) is 17.1 Å². The molecular formula is C21H20F3N5O2. The van der Waals surface area contributed by atoms with Crippen molar-refractivity contribution in [1.82, 2.24) is 9.97 Å². The molecule has 0 saturated heterocycles. The number of aromatic nitrogens is 2. The SMILES string of the molecule is COc1ccc(C)c(Nc2ncc(C(F)(F)F)c(Nc3ccccc3NC(C)=O)n2)c1. The minimum atomic E-state index is -4.68. The third kappa shape index (κ3) is 5.41. The van der Waals surface area contributed by atoms with E-state index < -0.39 is 17.6 Å². The second-order valence-electron chi connectivity index (χ2n) is 6.61. The number of anilines is 5. The molecule has 31 heavy (non-hydrogen) atoms. The van der Waals surface area contributed by atoms with E-state index in [-0.39, 0.29) is 17.5 Å². The van der Waals surface area contributed by atoms with E-state index in [1.807, 2.05) is 6.92 Å². The predicted octanol–water partition coefficient (Wildman–Crippen LogP) is 5.26. The van der Waals surface area contributed by atoms with Crippen molar-refractivity contribution in [3.8, 4) is 5.75 Å². The highest BCUT2D eigenvalue weighted by molar-refractivity contribution is 5.93. The molecule has 3 N–H and O–H groups in total. The molecule has 7 nitrogen and oxygen atoms in total. The molecule has 0 fully saturated rings. The third-order valence-electron chi connectivity index (χ3n) is 4.28. The molecule has 3 rings (SSSR count). The Morgan fingerprint density at radius 3 is 2.39 bits per heavy atom. The summed E-state index contributed by atoms with van der Waals surface area (Å²) in [5, 5.41) is 8.16. The highest BCUT2D eigenvalue weighted by atomic mass is 19.4. The Morgan fingerprint density at radius 2 is 1.74 bits per heavy atom. The number of benzene rings is 2. The fourth-order valence-corrected chi connectivity index (χ4v) is 2.75. The van der Waals surface area contributed by atoms with Gasteiger partial charge in [0.25, 0.3) is 0 Å². The first kappa shape index (κ1) is 21.9. The van der Waals surface area contributed by atoms with Crippen LogP contribution in [-0.4, -0.2) is 23.0 Å². The largest absolute Gasteiger partial charge is 0.497 e. The molecule has 3 aromatic rings. The van der Waals surface area contributed by atoms with Gasteiger partial charge in [-0.05, 0) is 30.7 Å². The van der Waals surface area contributed by atoms with Crippen LogP contribution in [0.25, 0.3) is 0 Å². The Bertz CT molecular complexity index is 1100. The van der Waals surface area contributed by atoms with Gasteiger partial charge in [-0.3, -0.25) is 4.79 Å². The van der Waals surface area contributed by atoms with Gasteiger partial charge in [-0.1, -0.05) is 18.2 Å². The summed E-state index contributed by atoms with van der Waals surface area (Å²) in [6, 6.07) is 11.6. The van der Waals surface area contributed by atoms with E-state index in [1.54, 1.807) is 36.4 Å². The first-order valence-electron chi connectivity index (χ1n) is 9.17. The maximum absolute atomic E-state index is 13.6. The van der Waals surface area contributed by atoms with Gasteiger partial charge in [0.15, 0.2) is 0 Å². The lowest BCUT2D eigenvalue weighted by molar-refractivity contribution is -0.137. The van der Waals surface area contributed by atoms with Crippen LogP contribution in [0, 0.1) is 6.92 Å². The Hall–Kier alpha value is -3.82. The van der Waals surface area contributed by atoms with E-state index in [1.165, 1.54) is 20.1 Å². The molecule has 0 aliphatic heterocycles. The van der Waals surface area contributed by atoms with Gasteiger partial charge in [-0.15, -0.1) is 0 Å². The molecule has 1 aromatic heterocycles. The number of ether oxygens (including phenoxy) is 1.